The minimum atomic E-state index is 0.427. The van der Waals surface area contributed by atoms with Crippen LogP contribution in [0, 0.1) is 17.9 Å². The average Bonchev–Trinajstić information content (AvgIpc) is 3.72. The lowest BCUT2D eigenvalue weighted by Crippen LogP contribution is -2.02. The summed E-state index contributed by atoms with van der Waals surface area (Å²) >= 11 is 0. The van der Waals surface area contributed by atoms with E-state index >= 15 is 0 Å². The summed E-state index contributed by atoms with van der Waals surface area (Å²) in [5.74, 6) is 1.25. The minimum absolute atomic E-state index is 0.427. The van der Waals surface area contributed by atoms with E-state index in [0.717, 1.165) is 94.8 Å². The number of fused-ring (bicyclic) bond motifs is 3. The highest BCUT2D eigenvalue weighted by Gasteiger charge is 2.21. The van der Waals surface area contributed by atoms with Gasteiger partial charge >= 0.3 is 0 Å². The Bertz CT molecular complexity index is 3520. The van der Waals surface area contributed by atoms with Gasteiger partial charge < -0.3 is 4.57 Å². The summed E-state index contributed by atoms with van der Waals surface area (Å²) < 4.78 is 2.31. The van der Waals surface area contributed by atoms with Crippen LogP contribution in [0.25, 0.3) is 111 Å². The molecule has 0 bridgehead atoms. The fourth-order valence-electron chi connectivity index (χ4n) is 8.54. The minimum Gasteiger partial charge on any atom is -0.309 e. The zero-order valence-electron chi connectivity index (χ0n) is 34.8. The highest BCUT2D eigenvalue weighted by molar-refractivity contribution is 6.11. The van der Waals surface area contributed by atoms with Crippen molar-refractivity contribution in [2.45, 2.75) is 0 Å². The second-order valence-corrected chi connectivity index (χ2v) is 15.7. The molecule has 0 aliphatic heterocycles. The van der Waals surface area contributed by atoms with E-state index in [-0.39, 0.29) is 0 Å². The van der Waals surface area contributed by atoms with Crippen LogP contribution in [-0.4, -0.2) is 24.5 Å². The molecule has 3 heterocycles. The van der Waals surface area contributed by atoms with Gasteiger partial charge in [0.15, 0.2) is 17.3 Å². The molecule has 65 heavy (non-hydrogen) atoms. The molecule has 0 spiro atoms. The van der Waals surface area contributed by atoms with Crippen LogP contribution in [0.3, 0.4) is 0 Å². The van der Waals surface area contributed by atoms with Crippen LogP contribution in [0.2, 0.25) is 0 Å². The van der Waals surface area contributed by atoms with Gasteiger partial charge in [-0.1, -0.05) is 152 Å². The predicted molar refractivity (Wildman–Crippen MR) is 261 cm³/mol. The number of hydrogen-bond acceptors (Lipinski definition) is 5. The Balaban J connectivity index is 1.19. The number of rotatable bonds is 8. The Labute approximate surface area is 375 Å². The number of hydrogen-bond donors (Lipinski definition) is 0. The molecule has 0 amide bonds. The number of para-hydroxylation sites is 1. The topological polar surface area (TPSA) is 84.6 Å². The van der Waals surface area contributed by atoms with Crippen molar-refractivity contribution >= 4 is 27.5 Å². The molecule has 3 aromatic heterocycles. The lowest BCUT2D eigenvalue weighted by molar-refractivity contribution is 1.15. The van der Waals surface area contributed by atoms with Crippen molar-refractivity contribution in [1.82, 2.24) is 24.5 Å². The van der Waals surface area contributed by atoms with Gasteiger partial charge in [-0.05, 0) is 71.8 Å². The van der Waals surface area contributed by atoms with Crippen LogP contribution < -0.4 is 0 Å². The van der Waals surface area contributed by atoms with Crippen LogP contribution in [-0.2, 0) is 0 Å². The van der Waals surface area contributed by atoms with Crippen molar-refractivity contribution in [3.05, 3.63) is 229 Å². The first kappa shape index (κ1) is 38.6. The molecule has 0 atom stereocenters. The molecular weight excluding hydrogens is 795 g/mol. The highest BCUT2D eigenvalue weighted by Crippen LogP contribution is 2.41. The van der Waals surface area contributed by atoms with Gasteiger partial charge in [-0.25, -0.2) is 24.8 Å². The van der Waals surface area contributed by atoms with Gasteiger partial charge in [0.25, 0.3) is 0 Å². The molecule has 0 radical (unpaired) electrons. The first-order valence-corrected chi connectivity index (χ1v) is 21.2. The number of nitriles is 1. The Morgan fingerprint density at radius 3 is 1.51 bits per heavy atom. The highest BCUT2D eigenvalue weighted by atomic mass is 15.0. The molecule has 0 aliphatic carbocycles. The summed E-state index contributed by atoms with van der Waals surface area (Å²) in [4.78, 5) is 24.5. The van der Waals surface area contributed by atoms with Gasteiger partial charge in [-0.2, -0.15) is 5.26 Å². The summed E-state index contributed by atoms with van der Waals surface area (Å²) in [5.41, 5.74) is 14.3. The molecule has 0 fully saturated rings. The summed E-state index contributed by atoms with van der Waals surface area (Å²) in [6.07, 6.45) is 0. The summed E-state index contributed by atoms with van der Waals surface area (Å²) in [7, 11) is 0. The quantitative estimate of drug-likeness (QED) is 0.142. The maximum atomic E-state index is 9.81. The first-order valence-electron chi connectivity index (χ1n) is 21.2. The van der Waals surface area contributed by atoms with Crippen molar-refractivity contribution in [2.24, 2.45) is 0 Å². The summed E-state index contributed by atoms with van der Waals surface area (Å²) in [6, 6.07) is 73.6. The van der Waals surface area contributed by atoms with Crippen LogP contribution in [0.5, 0.6) is 0 Å². The molecule has 0 saturated carbocycles. The van der Waals surface area contributed by atoms with E-state index in [4.69, 9.17) is 26.5 Å². The zero-order valence-corrected chi connectivity index (χ0v) is 34.8. The Morgan fingerprint density at radius 1 is 0.400 bits per heavy atom. The molecular formula is C58H35N7. The standard InChI is InChI=1S/C58H35N7/c1-60-46-31-38(37-59)30-45(32-46)43-26-28-55-48(33-43)47-24-14-15-25-54(47)65(55)56-29-27-44(52-35-50(39-16-6-2-7-17-39)61-57(63-52)41-20-10-4-11-21-41)34-49(56)53-36-51(40-18-8-3-9-19-40)62-58(64-53)42-22-12-5-13-23-42/h2-36H. The van der Waals surface area contributed by atoms with Gasteiger partial charge in [0.05, 0.1) is 52.1 Å². The van der Waals surface area contributed by atoms with Gasteiger partial charge in [0.2, 0.25) is 0 Å². The molecule has 11 rings (SSSR count). The number of nitrogens with zero attached hydrogens (tertiary/aromatic N) is 7. The fourth-order valence-corrected chi connectivity index (χ4v) is 8.54. The molecule has 8 aromatic carbocycles. The number of benzene rings is 8. The molecule has 7 nitrogen and oxygen atoms in total. The normalized spacial score (nSPS) is 11.0. The van der Waals surface area contributed by atoms with Crippen LogP contribution >= 0.6 is 0 Å². The van der Waals surface area contributed by atoms with E-state index < -0.39 is 0 Å². The lowest BCUT2D eigenvalue weighted by Gasteiger charge is -2.17. The molecule has 302 valence electrons. The molecule has 0 saturated heterocycles. The predicted octanol–water partition coefficient (Wildman–Crippen LogP) is 14.5. The lowest BCUT2D eigenvalue weighted by atomic mass is 9.99. The smallest absolute Gasteiger partial charge is 0.189 e. The third-order valence-electron chi connectivity index (χ3n) is 11.6. The summed E-state index contributed by atoms with van der Waals surface area (Å²) in [5, 5.41) is 11.9. The van der Waals surface area contributed by atoms with Crippen molar-refractivity contribution in [3.63, 3.8) is 0 Å². The van der Waals surface area contributed by atoms with E-state index in [1.165, 1.54) is 0 Å². The van der Waals surface area contributed by atoms with Crippen molar-refractivity contribution in [3.8, 4) is 90.7 Å². The third-order valence-corrected chi connectivity index (χ3v) is 11.6. The number of aromatic nitrogens is 5. The molecule has 0 aliphatic rings. The van der Waals surface area contributed by atoms with E-state index in [2.05, 4.69) is 113 Å². The summed E-state index contributed by atoms with van der Waals surface area (Å²) in [6.45, 7) is 7.69. The molecule has 7 heteroatoms. The third kappa shape index (κ3) is 7.36. The average molecular weight is 830 g/mol. The fraction of sp³-hybridized carbons (Fsp3) is 0. The molecule has 11 aromatic rings. The van der Waals surface area contributed by atoms with E-state index in [1.807, 2.05) is 109 Å². The largest absolute Gasteiger partial charge is 0.309 e. The van der Waals surface area contributed by atoms with Gasteiger partial charge in [-0.3, -0.25) is 0 Å². The van der Waals surface area contributed by atoms with Crippen LogP contribution in [0.1, 0.15) is 5.56 Å². The van der Waals surface area contributed by atoms with Crippen molar-refractivity contribution in [2.75, 3.05) is 0 Å². The molecule has 0 unspecified atom stereocenters. The van der Waals surface area contributed by atoms with Gasteiger partial charge in [0.1, 0.15) is 0 Å². The van der Waals surface area contributed by atoms with Gasteiger partial charge in [0, 0.05) is 49.7 Å². The maximum Gasteiger partial charge on any atom is 0.189 e. The zero-order chi connectivity index (χ0) is 43.7. The van der Waals surface area contributed by atoms with E-state index in [0.29, 0.717) is 22.9 Å². The molecule has 0 N–H and O–H groups in total. The SMILES string of the molecule is [C-]#[N+]c1cc(C#N)cc(-c2ccc3c(c2)c2ccccc2n3-c2ccc(-c3cc(-c4ccccc4)nc(-c4ccccc4)n3)cc2-c2cc(-c3ccccc3)nc(-c3ccccc3)n2)c1. The van der Waals surface area contributed by atoms with Crippen LogP contribution in [0.4, 0.5) is 5.69 Å². The Hall–Kier alpha value is -9.30. The monoisotopic (exact) mass is 829 g/mol. The van der Waals surface area contributed by atoms with Crippen LogP contribution in [0.15, 0.2) is 212 Å². The van der Waals surface area contributed by atoms with Gasteiger partial charge in [-0.15, -0.1) is 0 Å². The maximum absolute atomic E-state index is 9.81. The van der Waals surface area contributed by atoms with E-state index in [1.54, 1.807) is 6.07 Å². The van der Waals surface area contributed by atoms with E-state index in [9.17, 15) is 5.26 Å². The van der Waals surface area contributed by atoms with Crippen molar-refractivity contribution in [1.29, 1.82) is 5.26 Å². The first-order chi connectivity index (χ1) is 32.1. The Morgan fingerprint density at radius 2 is 0.908 bits per heavy atom. The second-order valence-electron chi connectivity index (χ2n) is 15.7. The Kier molecular flexibility index (Phi) is 9.82. The van der Waals surface area contributed by atoms with Crippen molar-refractivity contribution < 1.29 is 0 Å². The second kappa shape index (κ2) is 16.5.